The van der Waals surface area contributed by atoms with Gasteiger partial charge in [-0.05, 0) is 23.3 Å². The van der Waals surface area contributed by atoms with Gasteiger partial charge in [0.25, 0.3) is 5.91 Å². The van der Waals surface area contributed by atoms with Crippen LogP contribution in [0.1, 0.15) is 21.6 Å². The summed E-state index contributed by atoms with van der Waals surface area (Å²) >= 11 is 0. The predicted octanol–water partition coefficient (Wildman–Crippen LogP) is 2.04. The van der Waals surface area contributed by atoms with Crippen molar-refractivity contribution < 1.29 is 23.9 Å². The zero-order valence-corrected chi connectivity index (χ0v) is 13.4. The van der Waals surface area contributed by atoms with Gasteiger partial charge < -0.3 is 14.5 Å². The van der Waals surface area contributed by atoms with Crippen molar-refractivity contribution in [2.24, 2.45) is 0 Å². The van der Waals surface area contributed by atoms with Crippen molar-refractivity contribution in [3.63, 3.8) is 0 Å². The second-order valence-corrected chi connectivity index (χ2v) is 4.72. The van der Waals surface area contributed by atoms with E-state index >= 15 is 0 Å². The van der Waals surface area contributed by atoms with Crippen LogP contribution < -0.4 is 5.48 Å². The van der Waals surface area contributed by atoms with Gasteiger partial charge in [-0.3, -0.25) is 9.63 Å². The Morgan fingerprint density at radius 3 is 2.62 bits per heavy atom. The molecule has 0 bridgehead atoms. The second-order valence-electron chi connectivity index (χ2n) is 4.72. The number of ether oxygens (including phenoxy) is 2. The summed E-state index contributed by atoms with van der Waals surface area (Å²) in [6.45, 7) is 0.0701. The summed E-state index contributed by atoms with van der Waals surface area (Å²) in [5, 5.41) is 0. The highest BCUT2D eigenvalue weighted by atomic mass is 16.6. The monoisotopic (exact) mass is 330 g/mol. The number of benzene rings is 1. The van der Waals surface area contributed by atoms with Crippen molar-refractivity contribution in [3.8, 4) is 0 Å². The third-order valence-corrected chi connectivity index (χ3v) is 3.18. The third kappa shape index (κ3) is 4.23. The average Bonchev–Trinajstić information content (AvgIpc) is 3.14. The van der Waals surface area contributed by atoms with Gasteiger partial charge in [-0.2, -0.15) is 0 Å². The maximum absolute atomic E-state index is 11.9. The average molecular weight is 330 g/mol. The lowest BCUT2D eigenvalue weighted by atomic mass is 10.0. The van der Waals surface area contributed by atoms with E-state index in [4.69, 9.17) is 14.3 Å². The summed E-state index contributed by atoms with van der Waals surface area (Å²) in [7, 11) is 2.74. The Kier molecular flexibility index (Phi) is 6.16. The Labute approximate surface area is 139 Å². The van der Waals surface area contributed by atoms with Crippen LogP contribution >= 0.6 is 0 Å². The molecule has 126 valence electrons. The van der Waals surface area contributed by atoms with E-state index in [9.17, 15) is 9.59 Å². The maximum atomic E-state index is 11.9. The summed E-state index contributed by atoms with van der Waals surface area (Å²) < 4.78 is 9.71. The predicted molar refractivity (Wildman–Crippen MR) is 86.5 cm³/mol. The first-order valence-electron chi connectivity index (χ1n) is 7.12. The van der Waals surface area contributed by atoms with Crippen LogP contribution in [0.4, 0.5) is 0 Å². The Morgan fingerprint density at radius 2 is 1.96 bits per heavy atom. The summed E-state index contributed by atoms with van der Waals surface area (Å²) in [6, 6.07) is 10.4. The van der Waals surface area contributed by atoms with E-state index in [2.05, 4.69) is 10.5 Å². The van der Waals surface area contributed by atoms with Crippen molar-refractivity contribution in [1.29, 1.82) is 0 Å². The first-order chi connectivity index (χ1) is 11.7. The Morgan fingerprint density at radius 1 is 1.17 bits per heavy atom. The molecule has 0 aliphatic heterocycles. The standard InChI is InChI=1S/C17H18N2O5/c1-22-11-14(17(21)23-2)13-7-4-3-6-12(13)10-24-19-16(20)15-8-5-9-18-15/h3-9,11,18H,10H2,1-2H3,(H,19,20)/b14-11+. The number of H-pyrrole nitrogens is 1. The number of rotatable bonds is 7. The van der Waals surface area contributed by atoms with Crippen LogP contribution in [0.2, 0.25) is 0 Å². The lowest BCUT2D eigenvalue weighted by Gasteiger charge is -2.12. The topological polar surface area (TPSA) is 89.7 Å². The molecule has 2 N–H and O–H groups in total. The molecule has 1 amide bonds. The molecule has 0 radical (unpaired) electrons. The van der Waals surface area contributed by atoms with Gasteiger partial charge in [-0.25, -0.2) is 10.3 Å². The van der Waals surface area contributed by atoms with Crippen molar-refractivity contribution in [3.05, 3.63) is 65.7 Å². The molecule has 0 spiro atoms. The van der Waals surface area contributed by atoms with E-state index in [0.717, 1.165) is 0 Å². The highest BCUT2D eigenvalue weighted by molar-refractivity contribution is 6.16. The van der Waals surface area contributed by atoms with Gasteiger partial charge >= 0.3 is 5.97 Å². The summed E-state index contributed by atoms with van der Waals surface area (Å²) in [5.41, 5.74) is 4.27. The summed E-state index contributed by atoms with van der Waals surface area (Å²) in [5.74, 6) is -0.919. The van der Waals surface area contributed by atoms with Crippen molar-refractivity contribution >= 4 is 17.4 Å². The molecule has 0 saturated carbocycles. The molecule has 1 heterocycles. The number of aromatic amines is 1. The Balaban J connectivity index is 2.09. The van der Waals surface area contributed by atoms with Crippen LogP contribution in [-0.2, 0) is 25.7 Å². The minimum atomic E-state index is -0.528. The molecule has 0 fully saturated rings. The van der Waals surface area contributed by atoms with E-state index in [1.807, 2.05) is 0 Å². The van der Waals surface area contributed by atoms with Gasteiger partial charge in [0.1, 0.15) is 17.9 Å². The molecule has 0 atom stereocenters. The lowest BCUT2D eigenvalue weighted by Crippen LogP contribution is -2.24. The van der Waals surface area contributed by atoms with Gasteiger partial charge in [0.15, 0.2) is 0 Å². The van der Waals surface area contributed by atoms with Crippen LogP contribution in [-0.4, -0.2) is 31.1 Å². The fourth-order valence-electron chi connectivity index (χ4n) is 2.06. The van der Waals surface area contributed by atoms with E-state index in [1.165, 1.54) is 20.5 Å². The van der Waals surface area contributed by atoms with Gasteiger partial charge in [0.2, 0.25) is 0 Å². The number of hydrogen-bond acceptors (Lipinski definition) is 5. The number of nitrogens with one attached hydrogen (secondary N) is 2. The smallest absolute Gasteiger partial charge is 0.341 e. The molecule has 1 aromatic carbocycles. The molecule has 0 aliphatic carbocycles. The number of hydrogen-bond donors (Lipinski definition) is 2. The zero-order chi connectivity index (χ0) is 17.4. The van der Waals surface area contributed by atoms with Crippen molar-refractivity contribution in [2.75, 3.05) is 14.2 Å². The zero-order valence-electron chi connectivity index (χ0n) is 13.4. The summed E-state index contributed by atoms with van der Waals surface area (Å²) in [6.07, 6.45) is 2.95. The highest BCUT2D eigenvalue weighted by Gasteiger charge is 2.17. The van der Waals surface area contributed by atoms with Crippen LogP contribution in [0, 0.1) is 0 Å². The van der Waals surface area contributed by atoms with Gasteiger partial charge in [0.05, 0.1) is 20.5 Å². The molecule has 1 aromatic heterocycles. The van der Waals surface area contributed by atoms with Crippen molar-refractivity contribution in [1.82, 2.24) is 10.5 Å². The number of aromatic nitrogens is 1. The largest absolute Gasteiger partial charge is 0.503 e. The highest BCUT2D eigenvalue weighted by Crippen LogP contribution is 2.21. The van der Waals surface area contributed by atoms with Crippen LogP contribution in [0.25, 0.3) is 5.57 Å². The lowest BCUT2D eigenvalue weighted by molar-refractivity contribution is -0.133. The molecule has 2 aromatic rings. The first-order valence-corrected chi connectivity index (χ1v) is 7.12. The van der Waals surface area contributed by atoms with E-state index in [1.54, 1.807) is 42.6 Å². The number of carbonyl (C=O) groups is 2. The normalized spacial score (nSPS) is 11.0. The van der Waals surface area contributed by atoms with Gasteiger partial charge in [0, 0.05) is 6.20 Å². The first kappa shape index (κ1) is 17.3. The molecule has 2 rings (SSSR count). The fraction of sp³-hybridized carbons (Fsp3) is 0.176. The quantitative estimate of drug-likeness (QED) is 0.351. The van der Waals surface area contributed by atoms with Gasteiger partial charge in [-0.1, -0.05) is 24.3 Å². The fourth-order valence-corrected chi connectivity index (χ4v) is 2.06. The van der Waals surface area contributed by atoms with E-state index < -0.39 is 11.9 Å². The van der Waals surface area contributed by atoms with Crippen molar-refractivity contribution in [2.45, 2.75) is 6.61 Å². The molecular weight excluding hydrogens is 312 g/mol. The van der Waals surface area contributed by atoms with Crippen LogP contribution in [0.3, 0.4) is 0 Å². The summed E-state index contributed by atoms with van der Waals surface area (Å²) in [4.78, 5) is 31.7. The molecule has 24 heavy (non-hydrogen) atoms. The second kappa shape index (κ2) is 8.54. The Bertz CT molecular complexity index is 722. The number of amides is 1. The van der Waals surface area contributed by atoms with Gasteiger partial charge in [-0.15, -0.1) is 0 Å². The number of methoxy groups -OCH3 is 2. The third-order valence-electron chi connectivity index (χ3n) is 3.18. The van der Waals surface area contributed by atoms with Crippen LogP contribution in [0.15, 0.2) is 48.9 Å². The molecule has 0 aliphatic rings. The molecule has 0 saturated heterocycles. The molecular formula is C17H18N2O5. The Hall–Kier alpha value is -3.06. The number of carbonyl (C=O) groups excluding carboxylic acids is 2. The molecule has 7 nitrogen and oxygen atoms in total. The van der Waals surface area contributed by atoms with E-state index in [0.29, 0.717) is 16.8 Å². The maximum Gasteiger partial charge on any atom is 0.341 e. The number of esters is 1. The van der Waals surface area contributed by atoms with E-state index in [-0.39, 0.29) is 12.2 Å². The molecule has 7 heteroatoms. The molecule has 0 unspecified atom stereocenters. The minimum Gasteiger partial charge on any atom is -0.503 e. The SMILES string of the molecule is CO/C=C(/C(=O)OC)c1ccccc1CONC(=O)c1ccc[nH]1. The minimum absolute atomic E-state index is 0.0701. The van der Waals surface area contributed by atoms with Crippen LogP contribution in [0.5, 0.6) is 0 Å². The number of hydroxylamine groups is 1.